The minimum atomic E-state index is -3.73. The average Bonchev–Trinajstić information content (AvgIpc) is 3.16. The van der Waals surface area contributed by atoms with Gasteiger partial charge < -0.3 is 15.0 Å². The number of carbonyl (C=O) groups excluding carboxylic acids is 2. The lowest BCUT2D eigenvalue weighted by molar-refractivity contribution is -0.122. The molecule has 2 saturated heterocycles. The number of ether oxygens (including phenoxy) is 1. The first-order chi connectivity index (χ1) is 11.9. The van der Waals surface area contributed by atoms with E-state index in [-0.39, 0.29) is 35.1 Å². The quantitative estimate of drug-likeness (QED) is 0.783. The minimum absolute atomic E-state index is 0.0250. The fourth-order valence-corrected chi connectivity index (χ4v) is 5.27. The van der Waals surface area contributed by atoms with Crippen molar-refractivity contribution >= 4 is 27.5 Å². The molecule has 2 fully saturated rings. The van der Waals surface area contributed by atoms with Gasteiger partial charge in [0, 0.05) is 32.5 Å². The number of sulfonamides is 1. The van der Waals surface area contributed by atoms with Crippen molar-refractivity contribution in [2.45, 2.75) is 11.8 Å². The van der Waals surface area contributed by atoms with Crippen molar-refractivity contribution in [1.29, 1.82) is 0 Å². The second kappa shape index (κ2) is 5.70. The molecule has 25 heavy (non-hydrogen) atoms. The third-order valence-corrected chi connectivity index (χ3v) is 6.92. The van der Waals surface area contributed by atoms with Gasteiger partial charge in [0.05, 0.1) is 23.0 Å². The maximum absolute atomic E-state index is 13.0. The van der Waals surface area contributed by atoms with Gasteiger partial charge in [-0.25, -0.2) is 8.42 Å². The summed E-state index contributed by atoms with van der Waals surface area (Å²) < 4.78 is 32.9. The van der Waals surface area contributed by atoms with Crippen LogP contribution in [0.2, 0.25) is 0 Å². The van der Waals surface area contributed by atoms with Gasteiger partial charge in [-0.3, -0.25) is 9.59 Å². The highest BCUT2D eigenvalue weighted by atomic mass is 32.2. The molecule has 0 radical (unpaired) electrons. The summed E-state index contributed by atoms with van der Waals surface area (Å²) in [4.78, 5) is 25.2. The fourth-order valence-electron chi connectivity index (χ4n) is 3.73. The summed E-state index contributed by atoms with van der Waals surface area (Å²) in [5.74, 6) is 0.00949. The summed E-state index contributed by atoms with van der Waals surface area (Å²) in [6, 6.07) is 4.56. The van der Waals surface area contributed by atoms with E-state index in [4.69, 9.17) is 4.74 Å². The third kappa shape index (κ3) is 2.58. The van der Waals surface area contributed by atoms with E-state index in [9.17, 15) is 18.0 Å². The van der Waals surface area contributed by atoms with Crippen LogP contribution >= 0.6 is 0 Å². The Bertz CT molecular complexity index is 853. The highest BCUT2D eigenvalue weighted by Gasteiger charge is 2.46. The lowest BCUT2D eigenvalue weighted by Crippen LogP contribution is -2.37. The molecule has 1 aromatic rings. The number of fused-ring (bicyclic) bond motifs is 2. The molecular weight excluding hydrogens is 346 g/mol. The Morgan fingerprint density at radius 1 is 1.32 bits per heavy atom. The zero-order valence-electron chi connectivity index (χ0n) is 13.8. The predicted molar refractivity (Wildman–Crippen MR) is 88.7 cm³/mol. The van der Waals surface area contributed by atoms with Crippen LogP contribution in [-0.4, -0.2) is 57.3 Å². The number of benzene rings is 1. The van der Waals surface area contributed by atoms with Gasteiger partial charge in [-0.15, -0.1) is 0 Å². The van der Waals surface area contributed by atoms with Gasteiger partial charge in [0.15, 0.2) is 0 Å². The topological polar surface area (TPSA) is 96.0 Å². The summed E-state index contributed by atoms with van der Waals surface area (Å²) in [5.41, 5.74) is 0.469. The fraction of sp³-hybridized carbons (Fsp3) is 0.500. The number of nitrogens with zero attached hydrogens (tertiary/aromatic N) is 2. The number of nitrogens with one attached hydrogen (secondary N) is 1. The van der Waals surface area contributed by atoms with Gasteiger partial charge in [-0.2, -0.15) is 4.31 Å². The Hall–Kier alpha value is -2.13. The molecule has 1 aromatic carbocycles. The first-order valence-corrected chi connectivity index (χ1v) is 9.65. The van der Waals surface area contributed by atoms with Gasteiger partial charge in [-0.1, -0.05) is 0 Å². The molecule has 0 bridgehead atoms. The predicted octanol–water partition coefficient (Wildman–Crippen LogP) is -0.202. The lowest BCUT2D eigenvalue weighted by atomic mass is 10.0. The normalized spacial score (nSPS) is 26.0. The molecule has 2 atom stereocenters. The Morgan fingerprint density at radius 2 is 2.12 bits per heavy atom. The zero-order chi connectivity index (χ0) is 17.8. The number of rotatable bonds is 2. The third-order valence-electron chi connectivity index (χ3n) is 5.09. The Balaban J connectivity index is 1.66. The van der Waals surface area contributed by atoms with Crippen molar-refractivity contribution in [3.63, 3.8) is 0 Å². The SMILES string of the molecule is CC(=O)N1CCOc2ccc(S(=O)(=O)N3C[C@@H]4CNC(=O)[C@@H]4C3)cc21. The standard InChI is InChI=1S/C16H19N3O5S/c1-10(20)19-4-5-24-15-3-2-12(6-14(15)19)25(22,23)18-8-11-7-17-16(21)13(11)9-18/h2-3,6,11,13H,4-5,7-9H2,1H3,(H,17,21)/t11-,13+/m0/s1. The monoisotopic (exact) mass is 365 g/mol. The number of anilines is 1. The molecule has 3 heterocycles. The van der Waals surface area contributed by atoms with E-state index in [1.165, 1.54) is 28.3 Å². The molecule has 8 nitrogen and oxygen atoms in total. The molecule has 0 saturated carbocycles. The van der Waals surface area contributed by atoms with Crippen molar-refractivity contribution in [2.75, 3.05) is 37.7 Å². The second-order valence-electron chi connectivity index (χ2n) is 6.58. The van der Waals surface area contributed by atoms with Gasteiger partial charge in [0.2, 0.25) is 21.8 Å². The largest absolute Gasteiger partial charge is 0.490 e. The van der Waals surface area contributed by atoms with E-state index >= 15 is 0 Å². The Labute approximate surface area is 145 Å². The maximum atomic E-state index is 13.0. The van der Waals surface area contributed by atoms with E-state index in [1.54, 1.807) is 6.07 Å². The molecule has 0 aliphatic carbocycles. The van der Waals surface area contributed by atoms with Crippen molar-refractivity contribution in [3.05, 3.63) is 18.2 Å². The van der Waals surface area contributed by atoms with Crippen molar-refractivity contribution < 1.29 is 22.7 Å². The van der Waals surface area contributed by atoms with Crippen LogP contribution in [0.5, 0.6) is 5.75 Å². The molecule has 3 aliphatic rings. The maximum Gasteiger partial charge on any atom is 0.243 e. The molecule has 0 unspecified atom stereocenters. The van der Waals surface area contributed by atoms with Crippen molar-refractivity contribution in [3.8, 4) is 5.75 Å². The molecule has 4 rings (SSSR count). The number of carbonyl (C=O) groups is 2. The summed E-state index contributed by atoms with van der Waals surface area (Å²) in [7, 11) is -3.73. The molecule has 134 valence electrons. The van der Waals surface area contributed by atoms with Crippen LogP contribution < -0.4 is 15.0 Å². The smallest absolute Gasteiger partial charge is 0.243 e. The molecule has 0 aromatic heterocycles. The summed E-state index contributed by atoms with van der Waals surface area (Å²) in [5, 5.41) is 2.77. The van der Waals surface area contributed by atoms with Gasteiger partial charge in [0.25, 0.3) is 0 Å². The molecule has 9 heteroatoms. The Morgan fingerprint density at radius 3 is 2.84 bits per heavy atom. The van der Waals surface area contributed by atoms with Crippen LogP contribution in [-0.2, 0) is 19.6 Å². The van der Waals surface area contributed by atoms with E-state index in [2.05, 4.69) is 5.32 Å². The number of hydrogen-bond acceptors (Lipinski definition) is 5. The van der Waals surface area contributed by atoms with E-state index < -0.39 is 10.0 Å². The molecule has 1 N–H and O–H groups in total. The van der Waals surface area contributed by atoms with E-state index in [0.29, 0.717) is 37.7 Å². The number of amides is 2. The van der Waals surface area contributed by atoms with Gasteiger partial charge in [0.1, 0.15) is 12.4 Å². The van der Waals surface area contributed by atoms with E-state index in [1.807, 2.05) is 0 Å². The van der Waals surface area contributed by atoms with Crippen LogP contribution in [0.3, 0.4) is 0 Å². The highest BCUT2D eigenvalue weighted by Crippen LogP contribution is 2.36. The van der Waals surface area contributed by atoms with E-state index in [0.717, 1.165) is 0 Å². The summed E-state index contributed by atoms with van der Waals surface area (Å²) in [6.07, 6.45) is 0. The van der Waals surface area contributed by atoms with Crippen LogP contribution in [0.15, 0.2) is 23.1 Å². The lowest BCUT2D eigenvalue weighted by Gasteiger charge is -2.29. The molecule has 0 spiro atoms. The van der Waals surface area contributed by atoms with Crippen molar-refractivity contribution in [1.82, 2.24) is 9.62 Å². The van der Waals surface area contributed by atoms with Gasteiger partial charge >= 0.3 is 0 Å². The van der Waals surface area contributed by atoms with Gasteiger partial charge in [-0.05, 0) is 18.2 Å². The minimum Gasteiger partial charge on any atom is -0.490 e. The zero-order valence-corrected chi connectivity index (χ0v) is 14.6. The van der Waals surface area contributed by atoms with Crippen LogP contribution in [0, 0.1) is 11.8 Å². The molecule has 2 amide bonds. The number of hydrogen-bond donors (Lipinski definition) is 1. The molecule has 3 aliphatic heterocycles. The molecular formula is C16H19N3O5S. The average molecular weight is 365 g/mol. The highest BCUT2D eigenvalue weighted by molar-refractivity contribution is 7.89. The van der Waals surface area contributed by atoms with Crippen molar-refractivity contribution in [2.24, 2.45) is 11.8 Å². The first kappa shape index (κ1) is 16.3. The van der Waals surface area contributed by atoms with Crippen LogP contribution in [0.4, 0.5) is 5.69 Å². The van der Waals surface area contributed by atoms with Crippen LogP contribution in [0.1, 0.15) is 6.92 Å². The second-order valence-corrected chi connectivity index (χ2v) is 8.52. The van der Waals surface area contributed by atoms with Crippen LogP contribution in [0.25, 0.3) is 0 Å². The Kier molecular flexibility index (Phi) is 3.73. The summed E-state index contributed by atoms with van der Waals surface area (Å²) >= 11 is 0. The summed E-state index contributed by atoms with van der Waals surface area (Å²) in [6.45, 7) is 3.25. The first-order valence-electron chi connectivity index (χ1n) is 8.21.